The van der Waals surface area contributed by atoms with Crippen molar-refractivity contribution in [3.63, 3.8) is 0 Å². The maximum absolute atomic E-state index is 13.3. The zero-order chi connectivity index (χ0) is 16.8. The van der Waals surface area contributed by atoms with E-state index in [1.165, 1.54) is 0 Å². The van der Waals surface area contributed by atoms with E-state index >= 15 is 0 Å². The smallest absolute Gasteiger partial charge is 0.410 e. The van der Waals surface area contributed by atoms with Crippen LogP contribution in [0.4, 0.5) is 19.0 Å². The summed E-state index contributed by atoms with van der Waals surface area (Å²) in [5, 5.41) is 16.0. The number of aromatic carboxylic acids is 1. The highest BCUT2D eigenvalue weighted by Crippen LogP contribution is 2.44. The van der Waals surface area contributed by atoms with Crippen LogP contribution < -0.4 is 5.32 Å². The van der Waals surface area contributed by atoms with Gasteiger partial charge in [-0.3, -0.25) is 0 Å². The van der Waals surface area contributed by atoms with Crippen molar-refractivity contribution < 1.29 is 23.1 Å². The largest absolute Gasteiger partial charge is 0.477 e. The molecule has 1 aliphatic rings. The van der Waals surface area contributed by atoms with Crippen LogP contribution in [-0.4, -0.2) is 27.0 Å². The number of fused-ring (bicyclic) bond motifs is 1. The Hall–Kier alpha value is -2.22. The first-order chi connectivity index (χ1) is 10.8. The number of carbonyl (C=O) groups is 1. The lowest BCUT2D eigenvalue weighted by Gasteiger charge is -2.33. The molecule has 5 nitrogen and oxygen atoms in total. The van der Waals surface area contributed by atoms with E-state index in [1.54, 1.807) is 24.3 Å². The average Bonchev–Trinajstić information content (AvgIpc) is 2.89. The van der Waals surface area contributed by atoms with Gasteiger partial charge in [-0.1, -0.05) is 23.7 Å². The molecule has 0 bridgehead atoms. The molecule has 23 heavy (non-hydrogen) atoms. The first-order valence-corrected chi connectivity index (χ1v) is 7.04. The summed E-state index contributed by atoms with van der Waals surface area (Å²) in [5.74, 6) is -1.48. The van der Waals surface area contributed by atoms with Crippen molar-refractivity contribution in [2.75, 3.05) is 5.32 Å². The zero-order valence-electron chi connectivity index (χ0n) is 11.5. The SMILES string of the molecule is O=C(O)c1cnn2c1N[C@@H](c1ccc(Cl)cc1)C[C@H]2C(F)(F)F. The molecule has 0 fully saturated rings. The number of nitrogens with one attached hydrogen (secondary N) is 1. The van der Waals surface area contributed by atoms with Gasteiger partial charge in [-0.05, 0) is 17.7 Å². The molecule has 0 amide bonds. The van der Waals surface area contributed by atoms with E-state index in [0.717, 1.165) is 6.20 Å². The van der Waals surface area contributed by atoms with E-state index in [9.17, 15) is 18.0 Å². The van der Waals surface area contributed by atoms with E-state index in [2.05, 4.69) is 10.4 Å². The van der Waals surface area contributed by atoms with Gasteiger partial charge in [-0.25, -0.2) is 9.48 Å². The van der Waals surface area contributed by atoms with Crippen LogP contribution in [0, 0.1) is 0 Å². The molecule has 3 rings (SSSR count). The number of hydrogen-bond acceptors (Lipinski definition) is 3. The molecule has 1 aliphatic heterocycles. The molecule has 0 aliphatic carbocycles. The maximum Gasteiger partial charge on any atom is 0.410 e. The maximum atomic E-state index is 13.3. The van der Waals surface area contributed by atoms with Crippen LogP contribution in [0.25, 0.3) is 0 Å². The van der Waals surface area contributed by atoms with Crippen molar-refractivity contribution in [1.29, 1.82) is 0 Å². The standard InChI is InChI=1S/C14H11ClF3N3O2/c15-8-3-1-7(2-4-8)10-5-11(14(16,17)18)21-12(20-10)9(6-19-21)13(22)23/h1-4,6,10-11,20H,5H2,(H,22,23)/t10-,11+/m1/s1. The molecule has 9 heteroatoms. The fourth-order valence-corrected chi connectivity index (χ4v) is 2.76. The highest BCUT2D eigenvalue weighted by atomic mass is 35.5. The average molecular weight is 346 g/mol. The lowest BCUT2D eigenvalue weighted by atomic mass is 9.96. The Morgan fingerprint density at radius 2 is 2.00 bits per heavy atom. The van der Waals surface area contributed by atoms with Crippen molar-refractivity contribution in [2.45, 2.75) is 24.7 Å². The number of aromatic nitrogens is 2. The predicted octanol–water partition coefficient (Wildman–Crippen LogP) is 3.90. The summed E-state index contributed by atoms with van der Waals surface area (Å²) in [4.78, 5) is 11.2. The minimum absolute atomic E-state index is 0.147. The Morgan fingerprint density at radius 1 is 1.35 bits per heavy atom. The van der Waals surface area contributed by atoms with Crippen molar-refractivity contribution >= 4 is 23.4 Å². The molecule has 0 saturated carbocycles. The number of nitrogens with zero attached hydrogens (tertiary/aromatic N) is 2. The molecule has 0 saturated heterocycles. The zero-order valence-corrected chi connectivity index (χ0v) is 12.3. The van der Waals surface area contributed by atoms with Gasteiger partial charge in [0.25, 0.3) is 0 Å². The van der Waals surface area contributed by atoms with Crippen LogP contribution in [0.5, 0.6) is 0 Å². The summed E-state index contributed by atoms with van der Waals surface area (Å²) in [5.41, 5.74) is 0.297. The third-order valence-corrected chi connectivity index (χ3v) is 3.99. The number of benzene rings is 1. The molecule has 2 N–H and O–H groups in total. The third kappa shape index (κ3) is 2.86. The Bertz CT molecular complexity index is 743. The Labute approximate surface area is 133 Å². The fourth-order valence-electron chi connectivity index (χ4n) is 2.63. The first-order valence-electron chi connectivity index (χ1n) is 6.67. The normalized spacial score (nSPS) is 20.7. The van der Waals surface area contributed by atoms with Crippen molar-refractivity contribution in [3.8, 4) is 0 Å². The number of hydrogen-bond donors (Lipinski definition) is 2. The van der Waals surface area contributed by atoms with E-state index in [-0.39, 0.29) is 17.8 Å². The third-order valence-electron chi connectivity index (χ3n) is 3.74. The summed E-state index contributed by atoms with van der Waals surface area (Å²) in [6.45, 7) is 0. The molecule has 0 unspecified atom stereocenters. The van der Waals surface area contributed by atoms with Crippen molar-refractivity contribution in [2.24, 2.45) is 0 Å². The lowest BCUT2D eigenvalue weighted by molar-refractivity contribution is -0.173. The molecule has 1 aromatic heterocycles. The van der Waals surface area contributed by atoms with Crippen molar-refractivity contribution in [3.05, 3.63) is 46.6 Å². The van der Waals surface area contributed by atoms with E-state index < -0.39 is 24.2 Å². The van der Waals surface area contributed by atoms with Gasteiger partial charge in [0.1, 0.15) is 11.4 Å². The predicted molar refractivity (Wildman–Crippen MR) is 76.7 cm³/mol. The highest BCUT2D eigenvalue weighted by molar-refractivity contribution is 6.30. The molecule has 2 aromatic rings. The number of anilines is 1. The highest BCUT2D eigenvalue weighted by Gasteiger charge is 2.47. The Balaban J connectivity index is 2.05. The molecule has 0 radical (unpaired) electrons. The molecule has 122 valence electrons. The van der Waals surface area contributed by atoms with Gasteiger partial charge in [0.2, 0.25) is 0 Å². The summed E-state index contributed by atoms with van der Waals surface area (Å²) in [7, 11) is 0. The van der Waals surface area contributed by atoms with Gasteiger partial charge in [0.15, 0.2) is 6.04 Å². The first kappa shape index (κ1) is 15.7. The van der Waals surface area contributed by atoms with Gasteiger partial charge >= 0.3 is 12.1 Å². The molecule has 0 spiro atoms. The van der Waals surface area contributed by atoms with Crippen LogP contribution in [0.3, 0.4) is 0 Å². The van der Waals surface area contributed by atoms with Crippen LogP contribution >= 0.6 is 11.6 Å². The van der Waals surface area contributed by atoms with Crippen LogP contribution in [0.1, 0.15) is 34.4 Å². The number of rotatable bonds is 2. The quantitative estimate of drug-likeness (QED) is 0.866. The van der Waals surface area contributed by atoms with Crippen LogP contribution in [0.2, 0.25) is 5.02 Å². The van der Waals surface area contributed by atoms with E-state index in [4.69, 9.17) is 16.7 Å². The summed E-state index contributed by atoms with van der Waals surface area (Å²) >= 11 is 5.79. The molecular formula is C14H11ClF3N3O2. The van der Waals surface area contributed by atoms with Gasteiger partial charge in [0.05, 0.1) is 12.2 Å². The summed E-state index contributed by atoms with van der Waals surface area (Å²) < 4.78 is 40.7. The molecular weight excluding hydrogens is 335 g/mol. The van der Waals surface area contributed by atoms with Gasteiger partial charge in [-0.15, -0.1) is 0 Å². The topological polar surface area (TPSA) is 67.1 Å². The fraction of sp³-hybridized carbons (Fsp3) is 0.286. The number of alkyl halides is 3. The second-order valence-corrected chi connectivity index (χ2v) is 5.63. The summed E-state index contributed by atoms with van der Waals surface area (Å²) in [6.07, 6.45) is -3.91. The molecule has 2 heterocycles. The van der Waals surface area contributed by atoms with Gasteiger partial charge < -0.3 is 10.4 Å². The van der Waals surface area contributed by atoms with E-state index in [0.29, 0.717) is 15.3 Å². The van der Waals surface area contributed by atoms with Crippen LogP contribution in [-0.2, 0) is 0 Å². The second kappa shape index (κ2) is 5.45. The Kier molecular flexibility index (Phi) is 3.71. The Morgan fingerprint density at radius 3 is 2.57 bits per heavy atom. The summed E-state index contributed by atoms with van der Waals surface area (Å²) in [6, 6.07) is 3.78. The van der Waals surface area contributed by atoms with Crippen molar-refractivity contribution in [1.82, 2.24) is 9.78 Å². The number of carboxylic acids is 1. The lowest BCUT2D eigenvalue weighted by Crippen LogP contribution is -2.36. The van der Waals surface area contributed by atoms with Crippen LogP contribution in [0.15, 0.2) is 30.5 Å². The number of carboxylic acid groups (broad SMARTS) is 1. The van der Waals surface area contributed by atoms with Gasteiger partial charge in [-0.2, -0.15) is 18.3 Å². The number of halogens is 4. The molecule has 1 aromatic carbocycles. The molecule has 2 atom stereocenters. The van der Waals surface area contributed by atoms with E-state index in [1.807, 2.05) is 0 Å². The minimum Gasteiger partial charge on any atom is -0.477 e. The van der Waals surface area contributed by atoms with Gasteiger partial charge in [0, 0.05) is 11.4 Å². The minimum atomic E-state index is -4.54. The monoisotopic (exact) mass is 345 g/mol. The second-order valence-electron chi connectivity index (χ2n) is 5.20.